The normalized spacial score (nSPS) is 11.0. The van der Waals surface area contributed by atoms with Gasteiger partial charge in [-0.2, -0.15) is 0 Å². The van der Waals surface area contributed by atoms with Crippen molar-refractivity contribution in [1.82, 2.24) is 0 Å². The van der Waals surface area contributed by atoms with Crippen LogP contribution in [0.2, 0.25) is 0 Å². The van der Waals surface area contributed by atoms with Crippen LogP contribution in [0.15, 0.2) is 109 Å². The average molecular weight is 443 g/mol. The summed E-state index contributed by atoms with van der Waals surface area (Å²) in [7, 11) is -3.55. The van der Waals surface area contributed by atoms with Crippen LogP contribution in [0, 0.1) is 10.1 Å². The molecule has 0 heterocycles. The maximum Gasteiger partial charge on any atom is 0.344 e. The summed E-state index contributed by atoms with van der Waals surface area (Å²) in [5.41, 5.74) is -0.402. The number of rotatable bonds is 6. The number of carbonyl (C=O) groups is 1. The van der Waals surface area contributed by atoms with Crippen molar-refractivity contribution >= 4 is 34.7 Å². The summed E-state index contributed by atoms with van der Waals surface area (Å²) in [6.07, 6.45) is 0. The monoisotopic (exact) mass is 443 g/mol. The molecule has 0 unspecified atom stereocenters. The molecule has 4 aromatic carbocycles. The molecule has 0 fully saturated rings. The second-order valence-corrected chi connectivity index (χ2v) is 9.67. The van der Waals surface area contributed by atoms with Gasteiger partial charge in [-0.15, -0.1) is 0 Å². The molecule has 0 bridgehead atoms. The minimum absolute atomic E-state index is 0.112. The average Bonchev–Trinajstić information content (AvgIpc) is 2.85. The maximum atomic E-state index is 14.7. The van der Waals surface area contributed by atoms with Gasteiger partial charge in [0.1, 0.15) is 5.75 Å². The van der Waals surface area contributed by atoms with E-state index >= 15 is 0 Å². The van der Waals surface area contributed by atoms with Gasteiger partial charge in [0, 0.05) is 28.0 Å². The van der Waals surface area contributed by atoms with Crippen LogP contribution in [0.5, 0.6) is 5.75 Å². The van der Waals surface area contributed by atoms with Crippen molar-refractivity contribution in [3.63, 3.8) is 0 Å². The van der Waals surface area contributed by atoms with Crippen LogP contribution in [0.1, 0.15) is 10.4 Å². The standard InChI is InChI=1S/C25H18NO5P/c27-25(31-20-10-4-1-5-11-20)23-18-19(26(28)29)16-17-24(23)32(30,21-12-6-2-7-13-21)22-14-8-3-9-15-22/h1-18H. The van der Waals surface area contributed by atoms with E-state index < -0.39 is 18.0 Å². The number of hydrogen-bond donors (Lipinski definition) is 0. The molecule has 0 saturated carbocycles. The van der Waals surface area contributed by atoms with E-state index in [-0.39, 0.29) is 22.3 Å². The predicted octanol–water partition coefficient (Wildman–Crippen LogP) is 4.45. The van der Waals surface area contributed by atoms with Crippen molar-refractivity contribution in [2.75, 3.05) is 0 Å². The summed E-state index contributed by atoms with van der Waals surface area (Å²) >= 11 is 0. The van der Waals surface area contributed by atoms with Crippen molar-refractivity contribution in [3.05, 3.63) is 125 Å². The minimum Gasteiger partial charge on any atom is -0.423 e. The van der Waals surface area contributed by atoms with Crippen molar-refractivity contribution in [3.8, 4) is 5.75 Å². The Morgan fingerprint density at radius 3 is 1.75 bits per heavy atom. The van der Waals surface area contributed by atoms with Gasteiger partial charge in [-0.1, -0.05) is 78.9 Å². The Morgan fingerprint density at radius 2 is 1.25 bits per heavy atom. The number of hydrogen-bond acceptors (Lipinski definition) is 5. The molecular weight excluding hydrogens is 425 g/mol. The molecule has 0 aliphatic carbocycles. The number of nitro groups is 1. The first-order valence-electron chi connectivity index (χ1n) is 9.77. The summed E-state index contributed by atoms with van der Waals surface area (Å²) in [6.45, 7) is 0. The number of carbonyl (C=O) groups excluding carboxylic acids is 1. The Labute approximate surface area is 184 Å². The summed E-state index contributed by atoms with van der Waals surface area (Å²) in [5.74, 6) is -0.536. The molecule has 0 N–H and O–H groups in total. The number of nitrogens with zero attached hydrogens (tertiary/aromatic N) is 1. The molecule has 0 saturated heterocycles. The van der Waals surface area contributed by atoms with Gasteiger partial charge in [-0.25, -0.2) is 4.79 Å². The van der Waals surface area contributed by atoms with Crippen LogP contribution in [0.25, 0.3) is 0 Å². The lowest BCUT2D eigenvalue weighted by Gasteiger charge is -2.22. The van der Waals surface area contributed by atoms with Crippen molar-refractivity contribution in [2.24, 2.45) is 0 Å². The van der Waals surface area contributed by atoms with Crippen molar-refractivity contribution in [1.29, 1.82) is 0 Å². The van der Waals surface area contributed by atoms with Gasteiger partial charge >= 0.3 is 5.97 Å². The molecule has 0 aromatic heterocycles. The SMILES string of the molecule is O=C(Oc1ccccc1)c1cc([N+](=O)[O-])ccc1P(=O)(c1ccccc1)c1ccccc1. The molecule has 6 nitrogen and oxygen atoms in total. The lowest BCUT2D eigenvalue weighted by atomic mass is 10.2. The van der Waals surface area contributed by atoms with E-state index in [0.717, 1.165) is 6.07 Å². The van der Waals surface area contributed by atoms with Crippen molar-refractivity contribution in [2.45, 2.75) is 0 Å². The Morgan fingerprint density at radius 1 is 0.750 bits per heavy atom. The van der Waals surface area contributed by atoms with E-state index in [1.165, 1.54) is 12.1 Å². The van der Waals surface area contributed by atoms with Gasteiger partial charge < -0.3 is 9.30 Å². The first-order valence-corrected chi connectivity index (χ1v) is 11.5. The Hall–Kier alpha value is -4.02. The van der Waals surface area contributed by atoms with E-state index in [0.29, 0.717) is 10.6 Å². The molecule has 7 heteroatoms. The third-order valence-electron chi connectivity index (χ3n) is 4.94. The first kappa shape index (κ1) is 21.2. The highest BCUT2D eigenvalue weighted by Crippen LogP contribution is 2.44. The predicted molar refractivity (Wildman–Crippen MR) is 124 cm³/mol. The molecule has 0 radical (unpaired) electrons. The molecule has 4 rings (SSSR count). The highest BCUT2D eigenvalue weighted by molar-refractivity contribution is 7.85. The lowest BCUT2D eigenvalue weighted by Crippen LogP contribution is -2.30. The van der Waals surface area contributed by atoms with Crippen LogP contribution in [-0.4, -0.2) is 10.9 Å². The zero-order chi connectivity index (χ0) is 22.6. The van der Waals surface area contributed by atoms with Crippen LogP contribution in [0.3, 0.4) is 0 Å². The van der Waals surface area contributed by atoms with E-state index in [1.54, 1.807) is 91.0 Å². The minimum atomic E-state index is -3.55. The highest BCUT2D eigenvalue weighted by atomic mass is 31.2. The second kappa shape index (κ2) is 9.00. The third-order valence-corrected chi connectivity index (χ3v) is 8.06. The zero-order valence-corrected chi connectivity index (χ0v) is 17.7. The summed E-state index contributed by atoms with van der Waals surface area (Å²) in [5, 5.41) is 12.6. The van der Waals surface area contributed by atoms with E-state index in [9.17, 15) is 19.5 Å². The molecule has 32 heavy (non-hydrogen) atoms. The summed E-state index contributed by atoms with van der Waals surface area (Å²) < 4.78 is 20.2. The number of non-ortho nitro benzene ring substituents is 1. The Kier molecular flexibility index (Phi) is 5.97. The van der Waals surface area contributed by atoms with Gasteiger partial charge in [-0.3, -0.25) is 10.1 Å². The number of para-hydroxylation sites is 1. The maximum absolute atomic E-state index is 14.7. The van der Waals surface area contributed by atoms with Crippen molar-refractivity contribution < 1.29 is 19.0 Å². The van der Waals surface area contributed by atoms with Gasteiger partial charge in [0.15, 0.2) is 7.14 Å². The lowest BCUT2D eigenvalue weighted by molar-refractivity contribution is -0.384. The van der Waals surface area contributed by atoms with Gasteiger partial charge in [0.25, 0.3) is 5.69 Å². The molecule has 158 valence electrons. The van der Waals surface area contributed by atoms with Gasteiger partial charge in [0.2, 0.25) is 0 Å². The fourth-order valence-electron chi connectivity index (χ4n) is 3.43. The van der Waals surface area contributed by atoms with Crippen LogP contribution < -0.4 is 20.7 Å². The molecule has 0 aliphatic heterocycles. The molecule has 0 aliphatic rings. The van der Waals surface area contributed by atoms with Gasteiger partial charge in [-0.05, 0) is 18.2 Å². The van der Waals surface area contributed by atoms with E-state index in [4.69, 9.17) is 4.74 Å². The largest absolute Gasteiger partial charge is 0.423 e. The number of nitro benzene ring substituents is 1. The van der Waals surface area contributed by atoms with Gasteiger partial charge in [0.05, 0.1) is 10.5 Å². The molecule has 0 atom stereocenters. The topological polar surface area (TPSA) is 86.5 Å². The fourth-order valence-corrected chi connectivity index (χ4v) is 6.25. The molecular formula is C25H18NO5P. The first-order chi connectivity index (χ1) is 15.5. The third kappa shape index (κ3) is 4.09. The van der Waals surface area contributed by atoms with Crippen LogP contribution in [0.4, 0.5) is 5.69 Å². The van der Waals surface area contributed by atoms with E-state index in [1.807, 2.05) is 0 Å². The highest BCUT2D eigenvalue weighted by Gasteiger charge is 2.35. The summed E-state index contributed by atoms with van der Waals surface area (Å²) in [6, 6.07) is 29.7. The Balaban J connectivity index is 1.95. The molecule has 4 aromatic rings. The number of benzene rings is 4. The second-order valence-electron chi connectivity index (χ2n) is 6.94. The Bertz CT molecular complexity index is 1260. The van der Waals surface area contributed by atoms with Crippen LogP contribution >= 0.6 is 7.14 Å². The molecule has 0 amide bonds. The summed E-state index contributed by atoms with van der Waals surface area (Å²) in [4.78, 5) is 24.0. The fraction of sp³-hybridized carbons (Fsp3) is 0. The zero-order valence-electron chi connectivity index (χ0n) is 16.8. The molecule has 0 spiro atoms. The number of esters is 1. The smallest absolute Gasteiger partial charge is 0.344 e. The van der Waals surface area contributed by atoms with E-state index in [2.05, 4.69) is 0 Å². The number of ether oxygens (including phenoxy) is 1. The van der Waals surface area contributed by atoms with Crippen LogP contribution in [-0.2, 0) is 4.57 Å². The quantitative estimate of drug-likeness (QED) is 0.144.